The van der Waals surface area contributed by atoms with Gasteiger partial charge in [-0.25, -0.2) is 0 Å². The summed E-state index contributed by atoms with van der Waals surface area (Å²) < 4.78 is 5.45. The van der Waals surface area contributed by atoms with E-state index in [2.05, 4.69) is 36.6 Å². The van der Waals surface area contributed by atoms with E-state index in [0.717, 1.165) is 25.4 Å². The van der Waals surface area contributed by atoms with E-state index >= 15 is 0 Å². The largest absolute Gasteiger partial charge is 0.496 e. The van der Waals surface area contributed by atoms with Crippen LogP contribution in [0.5, 0.6) is 5.75 Å². The van der Waals surface area contributed by atoms with Gasteiger partial charge >= 0.3 is 0 Å². The average molecular weight is 220 g/mol. The van der Waals surface area contributed by atoms with Crippen LogP contribution in [0.2, 0.25) is 0 Å². The Morgan fingerprint density at radius 2 is 2.12 bits per heavy atom. The Labute approximate surface area is 97.2 Å². The van der Waals surface area contributed by atoms with Crippen molar-refractivity contribution >= 4 is 0 Å². The monoisotopic (exact) mass is 220 g/mol. The Balaban J connectivity index is 2.40. The fourth-order valence-corrected chi connectivity index (χ4v) is 2.27. The summed E-state index contributed by atoms with van der Waals surface area (Å²) >= 11 is 0. The van der Waals surface area contributed by atoms with Gasteiger partial charge in [0.15, 0.2) is 0 Å². The molecule has 1 saturated heterocycles. The van der Waals surface area contributed by atoms with Gasteiger partial charge < -0.3 is 15.4 Å². The average Bonchev–Trinajstić information content (AvgIpc) is 2.30. The zero-order chi connectivity index (χ0) is 11.6. The predicted octanol–water partition coefficient (Wildman–Crippen LogP) is 1.41. The molecule has 0 amide bonds. The van der Waals surface area contributed by atoms with Crippen molar-refractivity contribution in [1.29, 1.82) is 0 Å². The first-order valence-corrected chi connectivity index (χ1v) is 5.76. The van der Waals surface area contributed by atoms with Crippen LogP contribution in [0.3, 0.4) is 0 Å². The molecule has 1 aliphatic heterocycles. The minimum Gasteiger partial charge on any atom is -0.496 e. The van der Waals surface area contributed by atoms with E-state index in [4.69, 9.17) is 4.74 Å². The van der Waals surface area contributed by atoms with E-state index in [0.29, 0.717) is 0 Å². The van der Waals surface area contributed by atoms with Crippen molar-refractivity contribution in [3.63, 3.8) is 0 Å². The molecule has 0 bridgehead atoms. The Morgan fingerprint density at radius 3 is 2.75 bits per heavy atom. The third-order valence-electron chi connectivity index (χ3n) is 3.24. The molecule has 1 unspecified atom stereocenters. The molecule has 3 nitrogen and oxygen atoms in total. The summed E-state index contributed by atoms with van der Waals surface area (Å²) in [6, 6.07) is 6.34. The molecule has 1 heterocycles. The summed E-state index contributed by atoms with van der Waals surface area (Å²) in [5.41, 5.74) is 2.47. The number of methoxy groups -OCH3 is 1. The van der Waals surface area contributed by atoms with Gasteiger partial charge in [0.25, 0.3) is 0 Å². The quantitative estimate of drug-likeness (QED) is 0.790. The maximum Gasteiger partial charge on any atom is 0.123 e. The fourth-order valence-electron chi connectivity index (χ4n) is 2.27. The molecule has 0 saturated carbocycles. The van der Waals surface area contributed by atoms with E-state index in [9.17, 15) is 0 Å². The maximum atomic E-state index is 5.45. The van der Waals surface area contributed by atoms with Gasteiger partial charge in [0.1, 0.15) is 5.75 Å². The van der Waals surface area contributed by atoms with Crippen LogP contribution in [0, 0.1) is 6.92 Å². The van der Waals surface area contributed by atoms with Gasteiger partial charge in [-0.2, -0.15) is 0 Å². The highest BCUT2D eigenvalue weighted by molar-refractivity contribution is 5.42. The number of hydrogen-bond acceptors (Lipinski definition) is 3. The lowest BCUT2D eigenvalue weighted by Crippen LogP contribution is -2.55. The van der Waals surface area contributed by atoms with Crippen LogP contribution in [-0.2, 0) is 5.54 Å². The summed E-state index contributed by atoms with van der Waals surface area (Å²) in [7, 11) is 1.73. The summed E-state index contributed by atoms with van der Waals surface area (Å²) in [4.78, 5) is 0. The fraction of sp³-hybridized carbons (Fsp3) is 0.538. The lowest BCUT2D eigenvalue weighted by Gasteiger charge is -2.37. The minimum atomic E-state index is -0.0321. The molecule has 16 heavy (non-hydrogen) atoms. The molecular weight excluding hydrogens is 200 g/mol. The van der Waals surface area contributed by atoms with Crippen LogP contribution >= 0.6 is 0 Å². The molecule has 0 aromatic heterocycles. The highest BCUT2D eigenvalue weighted by Crippen LogP contribution is 2.31. The molecule has 88 valence electrons. The Hall–Kier alpha value is -1.06. The molecule has 0 aliphatic carbocycles. The molecule has 1 atom stereocenters. The number of hydrogen-bond donors (Lipinski definition) is 2. The number of ether oxygens (including phenoxy) is 1. The van der Waals surface area contributed by atoms with Crippen LogP contribution < -0.4 is 15.4 Å². The SMILES string of the molecule is COc1ccc(C)cc1C1(C)CNCCN1. The van der Waals surface area contributed by atoms with Gasteiger partial charge in [-0.1, -0.05) is 17.7 Å². The molecule has 2 rings (SSSR count). The third kappa shape index (κ3) is 2.06. The summed E-state index contributed by atoms with van der Waals surface area (Å²) in [6.07, 6.45) is 0. The first-order valence-electron chi connectivity index (χ1n) is 5.76. The van der Waals surface area contributed by atoms with E-state index in [-0.39, 0.29) is 5.54 Å². The second-order valence-electron chi connectivity index (χ2n) is 4.64. The number of piperazine rings is 1. The first kappa shape index (κ1) is 11.4. The zero-order valence-electron chi connectivity index (χ0n) is 10.3. The second-order valence-corrected chi connectivity index (χ2v) is 4.64. The van der Waals surface area contributed by atoms with Crippen LogP contribution in [0.15, 0.2) is 18.2 Å². The minimum absolute atomic E-state index is 0.0321. The lowest BCUT2D eigenvalue weighted by atomic mass is 9.88. The molecule has 0 radical (unpaired) electrons. The number of aryl methyl sites for hydroxylation is 1. The Bertz CT molecular complexity index is 370. The smallest absolute Gasteiger partial charge is 0.123 e. The van der Waals surface area contributed by atoms with Crippen LogP contribution in [-0.4, -0.2) is 26.7 Å². The van der Waals surface area contributed by atoms with Gasteiger partial charge in [-0.05, 0) is 19.9 Å². The Kier molecular flexibility index (Phi) is 3.17. The third-order valence-corrected chi connectivity index (χ3v) is 3.24. The van der Waals surface area contributed by atoms with Crippen molar-refractivity contribution < 1.29 is 4.74 Å². The predicted molar refractivity (Wildman–Crippen MR) is 66.0 cm³/mol. The van der Waals surface area contributed by atoms with Gasteiger partial charge in [-0.15, -0.1) is 0 Å². The second kappa shape index (κ2) is 4.44. The van der Waals surface area contributed by atoms with Gasteiger partial charge in [0.05, 0.1) is 12.6 Å². The standard InChI is InChI=1S/C13H20N2O/c1-10-4-5-12(16-3)11(8-10)13(2)9-14-6-7-15-13/h4-5,8,14-15H,6-7,9H2,1-3H3. The highest BCUT2D eigenvalue weighted by Gasteiger charge is 2.30. The summed E-state index contributed by atoms with van der Waals surface area (Å²) in [6.45, 7) is 7.29. The summed E-state index contributed by atoms with van der Waals surface area (Å²) in [5, 5.41) is 7.00. The zero-order valence-corrected chi connectivity index (χ0v) is 10.3. The molecule has 0 spiro atoms. The van der Waals surface area contributed by atoms with Crippen LogP contribution in [0.4, 0.5) is 0 Å². The van der Waals surface area contributed by atoms with E-state index in [1.54, 1.807) is 7.11 Å². The number of rotatable bonds is 2. The van der Waals surface area contributed by atoms with E-state index < -0.39 is 0 Å². The van der Waals surface area contributed by atoms with Crippen LogP contribution in [0.1, 0.15) is 18.1 Å². The first-order chi connectivity index (χ1) is 7.65. The number of nitrogens with one attached hydrogen (secondary N) is 2. The number of benzene rings is 1. The molecule has 2 N–H and O–H groups in total. The van der Waals surface area contributed by atoms with Gasteiger partial charge in [0.2, 0.25) is 0 Å². The van der Waals surface area contributed by atoms with Crippen molar-refractivity contribution in [3.8, 4) is 5.75 Å². The molecule has 1 aliphatic rings. The molecule has 1 aromatic carbocycles. The molecular formula is C13H20N2O. The Morgan fingerprint density at radius 1 is 1.31 bits per heavy atom. The summed E-state index contributed by atoms with van der Waals surface area (Å²) in [5.74, 6) is 0.962. The molecule has 1 aromatic rings. The van der Waals surface area contributed by atoms with Crippen molar-refractivity contribution in [2.45, 2.75) is 19.4 Å². The van der Waals surface area contributed by atoms with Gasteiger partial charge in [-0.3, -0.25) is 0 Å². The molecule has 1 fully saturated rings. The normalized spacial score (nSPS) is 25.4. The van der Waals surface area contributed by atoms with Crippen molar-refractivity contribution in [2.75, 3.05) is 26.7 Å². The van der Waals surface area contributed by atoms with Crippen molar-refractivity contribution in [3.05, 3.63) is 29.3 Å². The maximum absolute atomic E-state index is 5.45. The van der Waals surface area contributed by atoms with Gasteiger partial charge in [0, 0.05) is 25.2 Å². The van der Waals surface area contributed by atoms with Crippen molar-refractivity contribution in [2.24, 2.45) is 0 Å². The highest BCUT2D eigenvalue weighted by atomic mass is 16.5. The van der Waals surface area contributed by atoms with E-state index in [1.807, 2.05) is 6.07 Å². The topological polar surface area (TPSA) is 33.3 Å². The molecule has 3 heteroatoms. The van der Waals surface area contributed by atoms with E-state index in [1.165, 1.54) is 11.1 Å². The van der Waals surface area contributed by atoms with Crippen molar-refractivity contribution in [1.82, 2.24) is 10.6 Å². The van der Waals surface area contributed by atoms with Crippen LogP contribution in [0.25, 0.3) is 0 Å². The lowest BCUT2D eigenvalue weighted by molar-refractivity contribution is 0.289.